The van der Waals surface area contributed by atoms with Crippen molar-refractivity contribution in [1.29, 1.82) is 0 Å². The van der Waals surface area contributed by atoms with E-state index < -0.39 is 0 Å². The maximum Gasteiger partial charge on any atom is 0.0633 e. The summed E-state index contributed by atoms with van der Waals surface area (Å²) >= 11 is 4.59. The van der Waals surface area contributed by atoms with Crippen molar-refractivity contribution < 1.29 is 0 Å². The SMILES string of the molecule is S=C=N[C@H]1C[C@H]2CC[C@@H]1C2. The first-order chi connectivity index (χ1) is 4.90. The van der Waals surface area contributed by atoms with E-state index in [1.54, 1.807) is 0 Å². The Morgan fingerprint density at radius 2 is 2.20 bits per heavy atom. The van der Waals surface area contributed by atoms with Gasteiger partial charge in [-0.25, -0.2) is 4.99 Å². The lowest BCUT2D eigenvalue weighted by atomic mass is 9.96. The molecule has 2 rings (SSSR count). The molecular formula is C8H11NS. The first kappa shape index (κ1) is 6.51. The second-order valence-electron chi connectivity index (χ2n) is 3.46. The van der Waals surface area contributed by atoms with Crippen LogP contribution in [0.25, 0.3) is 0 Å². The van der Waals surface area contributed by atoms with E-state index in [1.165, 1.54) is 25.7 Å². The van der Waals surface area contributed by atoms with E-state index in [0.717, 1.165) is 11.8 Å². The van der Waals surface area contributed by atoms with Gasteiger partial charge in [-0.3, -0.25) is 0 Å². The topological polar surface area (TPSA) is 12.4 Å². The molecule has 0 spiro atoms. The van der Waals surface area contributed by atoms with Crippen molar-refractivity contribution in [2.24, 2.45) is 16.8 Å². The van der Waals surface area contributed by atoms with Crippen molar-refractivity contribution in [1.82, 2.24) is 0 Å². The van der Waals surface area contributed by atoms with Gasteiger partial charge in [0.1, 0.15) is 0 Å². The Kier molecular flexibility index (Phi) is 1.59. The molecule has 0 aromatic rings. The maximum atomic E-state index is 4.59. The van der Waals surface area contributed by atoms with E-state index in [4.69, 9.17) is 0 Å². The summed E-state index contributed by atoms with van der Waals surface area (Å²) in [6.07, 6.45) is 5.52. The van der Waals surface area contributed by atoms with Crippen molar-refractivity contribution >= 4 is 17.4 Å². The second kappa shape index (κ2) is 2.44. The first-order valence-corrected chi connectivity index (χ1v) is 4.38. The zero-order valence-electron chi connectivity index (χ0n) is 5.92. The second-order valence-corrected chi connectivity index (χ2v) is 3.65. The van der Waals surface area contributed by atoms with E-state index in [9.17, 15) is 0 Å². The molecule has 54 valence electrons. The van der Waals surface area contributed by atoms with E-state index >= 15 is 0 Å². The van der Waals surface area contributed by atoms with Crippen LogP contribution in [0.3, 0.4) is 0 Å². The summed E-state index contributed by atoms with van der Waals surface area (Å²) in [5.41, 5.74) is 0. The van der Waals surface area contributed by atoms with Crippen LogP contribution in [0.15, 0.2) is 4.99 Å². The van der Waals surface area contributed by atoms with Crippen LogP contribution in [-0.4, -0.2) is 11.2 Å². The molecule has 0 aromatic carbocycles. The zero-order valence-corrected chi connectivity index (χ0v) is 6.73. The molecule has 2 bridgehead atoms. The van der Waals surface area contributed by atoms with Crippen LogP contribution < -0.4 is 0 Å². The Labute approximate surface area is 66.5 Å². The molecule has 2 fully saturated rings. The van der Waals surface area contributed by atoms with Crippen LogP contribution >= 0.6 is 12.2 Å². The minimum Gasteiger partial charge on any atom is -0.229 e. The highest BCUT2D eigenvalue weighted by Crippen LogP contribution is 2.45. The average molecular weight is 153 g/mol. The third-order valence-electron chi connectivity index (χ3n) is 2.92. The van der Waals surface area contributed by atoms with Crippen LogP contribution in [0, 0.1) is 11.8 Å². The summed E-state index contributed by atoms with van der Waals surface area (Å²) in [7, 11) is 0. The molecule has 2 aliphatic rings. The normalized spacial score (nSPS) is 43.4. The Hall–Kier alpha value is -0.200. The summed E-state index contributed by atoms with van der Waals surface area (Å²) in [4.78, 5) is 4.17. The van der Waals surface area contributed by atoms with Gasteiger partial charge in [-0.15, -0.1) is 0 Å². The molecule has 0 heterocycles. The van der Waals surface area contributed by atoms with Gasteiger partial charge in [-0.2, -0.15) is 0 Å². The summed E-state index contributed by atoms with van der Waals surface area (Å²) < 4.78 is 0. The largest absolute Gasteiger partial charge is 0.229 e. The van der Waals surface area contributed by atoms with E-state index in [-0.39, 0.29) is 0 Å². The van der Waals surface area contributed by atoms with Gasteiger partial charge in [-0.1, -0.05) is 6.42 Å². The number of rotatable bonds is 1. The third-order valence-corrected chi connectivity index (χ3v) is 3.02. The highest BCUT2D eigenvalue weighted by molar-refractivity contribution is 7.78. The molecule has 10 heavy (non-hydrogen) atoms. The fourth-order valence-corrected chi connectivity index (χ4v) is 2.57. The third kappa shape index (κ3) is 0.920. The molecule has 0 amide bonds. The van der Waals surface area contributed by atoms with Gasteiger partial charge in [-0.05, 0) is 43.3 Å². The molecule has 0 unspecified atom stereocenters. The van der Waals surface area contributed by atoms with Crippen LogP contribution in [0.5, 0.6) is 0 Å². The van der Waals surface area contributed by atoms with Gasteiger partial charge < -0.3 is 0 Å². The molecule has 2 saturated carbocycles. The van der Waals surface area contributed by atoms with Crippen molar-refractivity contribution in [3.8, 4) is 0 Å². The number of thiocarbonyl (C=S) groups is 1. The molecule has 2 aliphatic carbocycles. The number of hydrogen-bond acceptors (Lipinski definition) is 2. The molecule has 0 aliphatic heterocycles. The van der Waals surface area contributed by atoms with E-state index in [0.29, 0.717) is 6.04 Å². The zero-order chi connectivity index (χ0) is 6.97. The molecule has 0 N–H and O–H groups in total. The maximum absolute atomic E-state index is 4.59. The predicted octanol–water partition coefficient (Wildman–Crippen LogP) is 2.28. The van der Waals surface area contributed by atoms with Gasteiger partial charge in [0.25, 0.3) is 0 Å². The first-order valence-electron chi connectivity index (χ1n) is 3.97. The Morgan fingerprint density at radius 1 is 1.30 bits per heavy atom. The minimum absolute atomic E-state index is 0.552. The summed E-state index contributed by atoms with van der Waals surface area (Å²) in [6, 6.07) is 0.552. The molecule has 0 aromatic heterocycles. The Morgan fingerprint density at radius 3 is 2.70 bits per heavy atom. The lowest BCUT2D eigenvalue weighted by Crippen LogP contribution is -2.13. The number of nitrogens with zero attached hydrogens (tertiary/aromatic N) is 1. The highest BCUT2D eigenvalue weighted by Gasteiger charge is 2.39. The van der Waals surface area contributed by atoms with Crippen molar-refractivity contribution in [3.63, 3.8) is 0 Å². The number of aliphatic imine (C=N–C) groups is 1. The van der Waals surface area contributed by atoms with Gasteiger partial charge in [0.2, 0.25) is 0 Å². The molecule has 0 radical (unpaired) electrons. The molecule has 3 atom stereocenters. The van der Waals surface area contributed by atoms with E-state index in [1.807, 2.05) is 0 Å². The highest BCUT2D eigenvalue weighted by atomic mass is 32.1. The van der Waals surface area contributed by atoms with Gasteiger partial charge in [0, 0.05) is 0 Å². The minimum atomic E-state index is 0.552. The average Bonchev–Trinajstić information content (AvgIpc) is 2.48. The number of fused-ring (bicyclic) bond motifs is 2. The Bertz CT molecular complexity index is 184. The quantitative estimate of drug-likeness (QED) is 0.416. The van der Waals surface area contributed by atoms with Crippen LogP contribution in [0.4, 0.5) is 0 Å². The number of hydrogen-bond donors (Lipinski definition) is 0. The van der Waals surface area contributed by atoms with Crippen LogP contribution in [0.1, 0.15) is 25.7 Å². The summed E-state index contributed by atoms with van der Waals surface area (Å²) in [6.45, 7) is 0. The van der Waals surface area contributed by atoms with Gasteiger partial charge in [0.15, 0.2) is 0 Å². The van der Waals surface area contributed by atoms with Crippen LogP contribution in [0.2, 0.25) is 0 Å². The smallest absolute Gasteiger partial charge is 0.0633 e. The standard InChI is InChI=1S/C8H11NS/c10-5-9-8-4-6-1-2-7(8)3-6/h6-8H,1-4H2/t6-,7+,8-/m0/s1. The monoisotopic (exact) mass is 153 g/mol. The van der Waals surface area contributed by atoms with Gasteiger partial charge in [0.05, 0.1) is 11.2 Å². The molecule has 2 heteroatoms. The fraction of sp³-hybridized carbons (Fsp3) is 0.875. The predicted molar refractivity (Wildman–Crippen MR) is 44.3 cm³/mol. The van der Waals surface area contributed by atoms with Gasteiger partial charge >= 0.3 is 0 Å². The lowest BCUT2D eigenvalue weighted by Gasteiger charge is -2.15. The van der Waals surface area contributed by atoms with Crippen LogP contribution in [-0.2, 0) is 0 Å². The number of isothiocyanates is 1. The fourth-order valence-electron chi connectivity index (χ4n) is 2.44. The Balaban J connectivity index is 2.08. The van der Waals surface area contributed by atoms with Crippen molar-refractivity contribution in [3.05, 3.63) is 0 Å². The molecular weight excluding hydrogens is 142 g/mol. The van der Waals surface area contributed by atoms with E-state index in [2.05, 4.69) is 22.4 Å². The van der Waals surface area contributed by atoms with Crippen molar-refractivity contribution in [2.75, 3.05) is 0 Å². The summed E-state index contributed by atoms with van der Waals surface area (Å²) in [5, 5.41) is 2.50. The summed E-state index contributed by atoms with van der Waals surface area (Å²) in [5.74, 6) is 1.84. The van der Waals surface area contributed by atoms with Crippen molar-refractivity contribution in [2.45, 2.75) is 31.7 Å². The molecule has 0 saturated heterocycles. The lowest BCUT2D eigenvalue weighted by molar-refractivity contribution is 0.422. The molecule has 1 nitrogen and oxygen atoms in total.